The topological polar surface area (TPSA) is 76.1 Å². The number of benzene rings is 1. The average molecular weight is 464 g/mol. The van der Waals surface area contributed by atoms with Crippen LogP contribution in [0, 0.1) is 12.8 Å². The number of rotatable bonds is 4. The van der Waals surface area contributed by atoms with E-state index in [2.05, 4.69) is 38.0 Å². The number of aromatic nitrogens is 2. The van der Waals surface area contributed by atoms with Crippen LogP contribution in [0.15, 0.2) is 36.4 Å². The highest BCUT2D eigenvalue weighted by Crippen LogP contribution is 2.27. The second-order valence-electron chi connectivity index (χ2n) is 9.59. The van der Waals surface area contributed by atoms with Crippen molar-refractivity contribution in [2.75, 3.05) is 80.7 Å². The van der Waals surface area contributed by atoms with Crippen molar-refractivity contribution in [1.29, 1.82) is 0 Å². The molecule has 3 fully saturated rings. The highest BCUT2D eigenvalue weighted by Gasteiger charge is 2.38. The number of carbonyl (C=O) groups excluding carboxylic acids is 2. The molecule has 0 spiro atoms. The molecule has 3 saturated heterocycles. The van der Waals surface area contributed by atoms with E-state index in [0.717, 1.165) is 62.2 Å². The summed E-state index contributed by atoms with van der Waals surface area (Å²) >= 11 is 0. The molecule has 9 nitrogen and oxygen atoms in total. The molecule has 9 heteroatoms. The third-order valence-corrected chi connectivity index (χ3v) is 7.20. The van der Waals surface area contributed by atoms with E-state index in [9.17, 15) is 9.59 Å². The predicted molar refractivity (Wildman–Crippen MR) is 132 cm³/mol. The van der Waals surface area contributed by atoms with Crippen LogP contribution < -0.4 is 14.7 Å². The van der Waals surface area contributed by atoms with Crippen LogP contribution in [0.1, 0.15) is 12.0 Å². The van der Waals surface area contributed by atoms with Gasteiger partial charge in [-0.25, -0.2) is 0 Å². The minimum Gasteiger partial charge on any atom is -0.353 e. The Morgan fingerprint density at radius 3 is 1.94 bits per heavy atom. The number of piperazine rings is 2. The number of hydrogen-bond acceptors (Lipinski definition) is 7. The zero-order valence-electron chi connectivity index (χ0n) is 20.1. The van der Waals surface area contributed by atoms with Crippen LogP contribution in [0.5, 0.6) is 0 Å². The monoisotopic (exact) mass is 463 g/mol. The van der Waals surface area contributed by atoms with Gasteiger partial charge in [-0.3, -0.25) is 9.59 Å². The molecule has 5 rings (SSSR count). The van der Waals surface area contributed by atoms with Gasteiger partial charge in [0.2, 0.25) is 11.8 Å². The van der Waals surface area contributed by atoms with Gasteiger partial charge in [0, 0.05) is 71.0 Å². The van der Waals surface area contributed by atoms with Crippen LogP contribution >= 0.6 is 0 Å². The highest BCUT2D eigenvalue weighted by molar-refractivity contribution is 6.00. The first-order chi connectivity index (χ1) is 16.5. The highest BCUT2D eigenvalue weighted by atomic mass is 16.2. The largest absolute Gasteiger partial charge is 0.353 e. The van der Waals surface area contributed by atoms with Crippen LogP contribution in [0.4, 0.5) is 17.3 Å². The second-order valence-corrected chi connectivity index (χ2v) is 9.59. The van der Waals surface area contributed by atoms with Crippen LogP contribution in [-0.4, -0.2) is 97.8 Å². The molecule has 4 heterocycles. The molecular weight excluding hydrogens is 430 g/mol. The zero-order chi connectivity index (χ0) is 23.7. The van der Waals surface area contributed by atoms with Crippen LogP contribution in [0.3, 0.4) is 0 Å². The SMILES string of the molecule is Cc1ccc(N2CC(C(=O)N3CCN(c4ccc(N5CCN(C)CC5)nn4)CC3)CC2=O)cc1. The number of aryl methyl sites for hydroxylation is 1. The number of amides is 2. The molecular formula is C25H33N7O2. The number of nitrogens with zero attached hydrogens (tertiary/aromatic N) is 7. The Morgan fingerprint density at radius 2 is 1.38 bits per heavy atom. The normalized spacial score (nSPS) is 21.9. The van der Waals surface area contributed by atoms with Crippen molar-refractivity contribution < 1.29 is 9.59 Å². The Kier molecular flexibility index (Phi) is 6.36. The summed E-state index contributed by atoms with van der Waals surface area (Å²) in [6, 6.07) is 12.0. The number of likely N-dealkylation sites (N-methyl/N-ethyl adjacent to an activating group) is 1. The minimum atomic E-state index is -0.275. The Bertz CT molecular complexity index is 1010. The van der Waals surface area contributed by atoms with E-state index in [0.29, 0.717) is 19.6 Å². The summed E-state index contributed by atoms with van der Waals surface area (Å²) in [4.78, 5) is 36.2. The van der Waals surface area contributed by atoms with Gasteiger partial charge in [0.05, 0.1) is 5.92 Å². The summed E-state index contributed by atoms with van der Waals surface area (Å²) < 4.78 is 0. The van der Waals surface area contributed by atoms with Gasteiger partial charge in [0.1, 0.15) is 0 Å². The zero-order valence-corrected chi connectivity index (χ0v) is 20.1. The quantitative estimate of drug-likeness (QED) is 0.675. The molecule has 0 bridgehead atoms. The van der Waals surface area contributed by atoms with Crippen molar-refractivity contribution in [2.45, 2.75) is 13.3 Å². The lowest BCUT2D eigenvalue weighted by Gasteiger charge is -2.36. The first-order valence-corrected chi connectivity index (χ1v) is 12.2. The number of carbonyl (C=O) groups is 2. The minimum absolute atomic E-state index is 0.0246. The van der Waals surface area contributed by atoms with Crippen LogP contribution in [0.25, 0.3) is 0 Å². The van der Waals surface area contributed by atoms with Crippen molar-refractivity contribution in [3.8, 4) is 0 Å². The van der Waals surface area contributed by atoms with E-state index in [1.54, 1.807) is 4.90 Å². The predicted octanol–water partition coefficient (Wildman–Crippen LogP) is 1.24. The molecule has 3 aliphatic heterocycles. The van der Waals surface area contributed by atoms with Crippen molar-refractivity contribution in [1.82, 2.24) is 20.0 Å². The van der Waals surface area contributed by atoms with Gasteiger partial charge >= 0.3 is 0 Å². The maximum Gasteiger partial charge on any atom is 0.228 e. The van der Waals surface area contributed by atoms with E-state index >= 15 is 0 Å². The lowest BCUT2D eigenvalue weighted by atomic mass is 10.1. The molecule has 0 radical (unpaired) electrons. The molecule has 3 aliphatic rings. The summed E-state index contributed by atoms with van der Waals surface area (Å²) in [7, 11) is 2.14. The average Bonchev–Trinajstić information content (AvgIpc) is 3.26. The van der Waals surface area contributed by atoms with Gasteiger partial charge in [-0.05, 0) is 38.2 Å². The Hall–Kier alpha value is -3.20. The van der Waals surface area contributed by atoms with Crippen molar-refractivity contribution in [2.24, 2.45) is 5.92 Å². The molecule has 0 aliphatic carbocycles. The fourth-order valence-electron chi connectivity index (χ4n) is 4.95. The van der Waals surface area contributed by atoms with Crippen LogP contribution in [-0.2, 0) is 9.59 Å². The molecule has 2 aromatic rings. The smallest absolute Gasteiger partial charge is 0.228 e. The fourth-order valence-corrected chi connectivity index (χ4v) is 4.95. The molecule has 1 aromatic carbocycles. The van der Waals surface area contributed by atoms with Gasteiger partial charge in [-0.1, -0.05) is 17.7 Å². The van der Waals surface area contributed by atoms with Crippen molar-refractivity contribution in [3.05, 3.63) is 42.0 Å². The van der Waals surface area contributed by atoms with E-state index in [1.807, 2.05) is 42.2 Å². The molecule has 0 N–H and O–H groups in total. The van der Waals surface area contributed by atoms with E-state index in [-0.39, 0.29) is 24.2 Å². The molecule has 1 atom stereocenters. The Morgan fingerprint density at radius 1 is 0.824 bits per heavy atom. The first kappa shape index (κ1) is 22.6. The third-order valence-electron chi connectivity index (χ3n) is 7.20. The summed E-state index contributed by atoms with van der Waals surface area (Å²) in [6.45, 7) is 9.20. The molecule has 180 valence electrons. The summed E-state index contributed by atoms with van der Waals surface area (Å²) in [5.74, 6) is 1.61. The van der Waals surface area contributed by atoms with E-state index < -0.39 is 0 Å². The number of hydrogen-bond donors (Lipinski definition) is 0. The van der Waals surface area contributed by atoms with Gasteiger partial charge in [0.25, 0.3) is 0 Å². The second kappa shape index (κ2) is 9.58. The maximum absolute atomic E-state index is 13.2. The molecule has 34 heavy (non-hydrogen) atoms. The van der Waals surface area contributed by atoms with Crippen molar-refractivity contribution in [3.63, 3.8) is 0 Å². The molecule has 1 unspecified atom stereocenters. The van der Waals surface area contributed by atoms with Crippen LogP contribution in [0.2, 0.25) is 0 Å². The Labute approximate surface area is 200 Å². The molecule has 0 saturated carbocycles. The first-order valence-electron chi connectivity index (χ1n) is 12.2. The van der Waals surface area contributed by atoms with E-state index in [1.165, 1.54) is 0 Å². The standard InChI is InChI=1S/C25H33N7O2/c1-19-3-5-21(6-4-19)32-18-20(17-24(32)33)25(34)31-15-13-30(14-16-31)23-8-7-22(26-27-23)29-11-9-28(2)10-12-29/h3-8,20H,9-18H2,1-2H3. The van der Waals surface area contributed by atoms with Gasteiger partial charge in [-0.2, -0.15) is 0 Å². The Balaban J connectivity index is 1.14. The lowest BCUT2D eigenvalue weighted by Crippen LogP contribution is -2.51. The molecule has 1 aromatic heterocycles. The van der Waals surface area contributed by atoms with Crippen molar-refractivity contribution >= 4 is 29.1 Å². The number of anilines is 3. The lowest BCUT2D eigenvalue weighted by molar-refractivity contribution is -0.136. The third kappa shape index (κ3) is 4.70. The van der Waals surface area contributed by atoms with Gasteiger partial charge < -0.3 is 24.5 Å². The van der Waals surface area contributed by atoms with Gasteiger partial charge in [0.15, 0.2) is 11.6 Å². The van der Waals surface area contributed by atoms with E-state index in [4.69, 9.17) is 0 Å². The summed E-state index contributed by atoms with van der Waals surface area (Å²) in [5, 5.41) is 8.93. The molecule has 2 amide bonds. The van der Waals surface area contributed by atoms with Gasteiger partial charge in [-0.15, -0.1) is 10.2 Å². The fraction of sp³-hybridized carbons (Fsp3) is 0.520. The maximum atomic E-state index is 13.2. The summed E-state index contributed by atoms with van der Waals surface area (Å²) in [6.07, 6.45) is 0.284. The summed E-state index contributed by atoms with van der Waals surface area (Å²) in [5.41, 5.74) is 2.02.